The van der Waals surface area contributed by atoms with Gasteiger partial charge >= 0.3 is 0 Å². The summed E-state index contributed by atoms with van der Waals surface area (Å²) >= 11 is 1.99. The highest BCUT2D eigenvalue weighted by Gasteiger charge is 2.23. The molecule has 3 rings (SSSR count). The summed E-state index contributed by atoms with van der Waals surface area (Å²) in [4.78, 5) is 0. The lowest BCUT2D eigenvalue weighted by molar-refractivity contribution is 0.201. The zero-order chi connectivity index (χ0) is 14.5. The van der Waals surface area contributed by atoms with Crippen LogP contribution in [-0.2, 0) is 0 Å². The van der Waals surface area contributed by atoms with Gasteiger partial charge in [-0.15, -0.1) is 0 Å². The van der Waals surface area contributed by atoms with Crippen molar-refractivity contribution >= 4 is 11.8 Å². The fraction of sp³-hybridized carbons (Fsp3) is 0.647. The molecule has 0 aromatic heterocycles. The standard InChI is InChI=1S/C17H25NO2S/c1-19-17-14(15-8-2-3-10-18-15)7-4-9-16(17)20-13-6-5-11-21-12-13/h4,7,9,13,15,18H,2-3,5-6,8,10-12H2,1H3. The highest BCUT2D eigenvalue weighted by atomic mass is 32.2. The minimum absolute atomic E-state index is 0.326. The van der Waals surface area contributed by atoms with Gasteiger partial charge in [0, 0.05) is 17.4 Å². The zero-order valence-corrected chi connectivity index (χ0v) is 13.6. The Kier molecular flexibility index (Phi) is 5.31. The van der Waals surface area contributed by atoms with Crippen molar-refractivity contribution < 1.29 is 9.47 Å². The van der Waals surface area contributed by atoms with E-state index in [2.05, 4.69) is 17.4 Å². The lowest BCUT2D eigenvalue weighted by atomic mass is 9.96. The van der Waals surface area contributed by atoms with Crippen molar-refractivity contribution in [1.29, 1.82) is 0 Å². The van der Waals surface area contributed by atoms with Gasteiger partial charge in [-0.2, -0.15) is 11.8 Å². The summed E-state index contributed by atoms with van der Waals surface area (Å²) < 4.78 is 11.9. The summed E-state index contributed by atoms with van der Waals surface area (Å²) in [5.41, 5.74) is 1.25. The van der Waals surface area contributed by atoms with Crippen molar-refractivity contribution in [1.82, 2.24) is 5.32 Å². The molecule has 2 fully saturated rings. The topological polar surface area (TPSA) is 30.5 Å². The van der Waals surface area contributed by atoms with Gasteiger partial charge < -0.3 is 14.8 Å². The van der Waals surface area contributed by atoms with Gasteiger partial charge in [0.25, 0.3) is 0 Å². The molecule has 21 heavy (non-hydrogen) atoms. The van der Waals surface area contributed by atoms with Crippen LogP contribution in [0.2, 0.25) is 0 Å². The number of thioether (sulfide) groups is 1. The van der Waals surface area contributed by atoms with Crippen LogP contribution in [0.25, 0.3) is 0 Å². The van der Waals surface area contributed by atoms with Crippen molar-refractivity contribution in [3.63, 3.8) is 0 Å². The first-order valence-corrected chi connectivity index (χ1v) is 9.18. The number of rotatable bonds is 4. The SMILES string of the molecule is COc1c(OC2CCCSC2)cccc1C1CCCCN1. The molecule has 2 aliphatic heterocycles. The van der Waals surface area contributed by atoms with Gasteiger partial charge in [-0.3, -0.25) is 0 Å². The van der Waals surface area contributed by atoms with Crippen LogP contribution in [0, 0.1) is 0 Å². The van der Waals surface area contributed by atoms with Crippen LogP contribution in [0.15, 0.2) is 18.2 Å². The lowest BCUT2D eigenvalue weighted by Crippen LogP contribution is -2.27. The molecule has 2 aliphatic rings. The van der Waals surface area contributed by atoms with Gasteiger partial charge in [-0.25, -0.2) is 0 Å². The molecule has 116 valence electrons. The van der Waals surface area contributed by atoms with E-state index < -0.39 is 0 Å². The minimum Gasteiger partial charge on any atom is -0.493 e. The number of hydrogen-bond donors (Lipinski definition) is 1. The zero-order valence-electron chi connectivity index (χ0n) is 12.8. The third-order valence-corrected chi connectivity index (χ3v) is 5.50. The molecule has 4 heteroatoms. The number of piperidine rings is 1. The smallest absolute Gasteiger partial charge is 0.165 e. The molecule has 0 spiro atoms. The molecule has 0 aliphatic carbocycles. The van der Waals surface area contributed by atoms with Crippen LogP contribution in [0.5, 0.6) is 11.5 Å². The third kappa shape index (κ3) is 3.67. The molecule has 3 nitrogen and oxygen atoms in total. The largest absolute Gasteiger partial charge is 0.493 e. The van der Waals surface area contributed by atoms with Gasteiger partial charge in [0.1, 0.15) is 6.10 Å². The Labute approximate surface area is 131 Å². The molecule has 0 amide bonds. The van der Waals surface area contributed by atoms with E-state index in [9.17, 15) is 0 Å². The molecule has 0 radical (unpaired) electrons. The molecular formula is C17H25NO2S. The molecule has 1 aromatic carbocycles. The maximum Gasteiger partial charge on any atom is 0.165 e. The monoisotopic (exact) mass is 307 g/mol. The second-order valence-electron chi connectivity index (χ2n) is 5.84. The van der Waals surface area contributed by atoms with E-state index in [1.165, 1.54) is 37.0 Å². The summed E-state index contributed by atoms with van der Waals surface area (Å²) in [6, 6.07) is 6.71. The molecule has 1 N–H and O–H groups in total. The Morgan fingerprint density at radius 1 is 1.19 bits per heavy atom. The third-order valence-electron chi connectivity index (χ3n) is 4.31. The summed E-state index contributed by atoms with van der Waals surface area (Å²) in [7, 11) is 1.75. The van der Waals surface area contributed by atoms with E-state index in [4.69, 9.17) is 9.47 Å². The van der Waals surface area contributed by atoms with Crippen molar-refractivity contribution in [3.05, 3.63) is 23.8 Å². The molecule has 0 saturated carbocycles. The second-order valence-corrected chi connectivity index (χ2v) is 6.99. The number of hydrogen-bond acceptors (Lipinski definition) is 4. The quantitative estimate of drug-likeness (QED) is 0.917. The Morgan fingerprint density at radius 2 is 2.14 bits per heavy atom. The fourth-order valence-corrected chi connectivity index (χ4v) is 4.25. The highest BCUT2D eigenvalue weighted by molar-refractivity contribution is 7.99. The van der Waals surface area contributed by atoms with Crippen LogP contribution < -0.4 is 14.8 Å². The number of ether oxygens (including phenoxy) is 2. The normalized spacial score (nSPS) is 26.3. The summed E-state index contributed by atoms with van der Waals surface area (Å²) in [6.45, 7) is 1.10. The van der Waals surface area contributed by atoms with Gasteiger partial charge in [-0.1, -0.05) is 18.6 Å². The van der Waals surface area contributed by atoms with Crippen molar-refractivity contribution in [2.45, 2.75) is 44.2 Å². The van der Waals surface area contributed by atoms with Gasteiger partial charge in [0.15, 0.2) is 11.5 Å². The average Bonchev–Trinajstić information content (AvgIpc) is 2.56. The predicted molar refractivity (Wildman–Crippen MR) is 88.6 cm³/mol. The van der Waals surface area contributed by atoms with E-state index in [1.807, 2.05) is 17.8 Å². The summed E-state index contributed by atoms with van der Waals surface area (Å²) in [5, 5.41) is 3.60. The number of benzene rings is 1. The molecule has 1 aromatic rings. The van der Waals surface area contributed by atoms with Crippen molar-refractivity contribution in [2.24, 2.45) is 0 Å². The van der Waals surface area contributed by atoms with Gasteiger partial charge in [0.2, 0.25) is 0 Å². The van der Waals surface area contributed by atoms with Gasteiger partial charge in [-0.05, 0) is 44.0 Å². The molecule has 2 heterocycles. The van der Waals surface area contributed by atoms with Crippen molar-refractivity contribution in [3.8, 4) is 11.5 Å². The summed E-state index contributed by atoms with van der Waals surface area (Å²) in [6.07, 6.45) is 6.47. The highest BCUT2D eigenvalue weighted by Crippen LogP contribution is 2.38. The van der Waals surface area contributed by atoms with E-state index >= 15 is 0 Å². The molecule has 0 bridgehead atoms. The van der Waals surface area contributed by atoms with E-state index in [0.29, 0.717) is 12.1 Å². The van der Waals surface area contributed by atoms with Crippen LogP contribution in [-0.4, -0.2) is 31.3 Å². The average molecular weight is 307 g/mol. The Hall–Kier alpha value is -0.870. The fourth-order valence-electron chi connectivity index (χ4n) is 3.22. The number of nitrogens with one attached hydrogen (secondary N) is 1. The molecule has 2 unspecified atom stereocenters. The first kappa shape index (κ1) is 15.0. The molecule has 2 saturated heterocycles. The Morgan fingerprint density at radius 3 is 2.86 bits per heavy atom. The maximum atomic E-state index is 6.24. The summed E-state index contributed by atoms with van der Waals surface area (Å²) in [5.74, 6) is 4.19. The molecular weight excluding hydrogens is 282 g/mol. The Balaban J connectivity index is 1.79. The first-order chi connectivity index (χ1) is 10.4. The van der Waals surface area contributed by atoms with Crippen LogP contribution in [0.3, 0.4) is 0 Å². The maximum absolute atomic E-state index is 6.24. The van der Waals surface area contributed by atoms with Crippen molar-refractivity contribution in [2.75, 3.05) is 25.2 Å². The van der Waals surface area contributed by atoms with E-state index in [0.717, 1.165) is 30.2 Å². The second kappa shape index (κ2) is 7.41. The molecule has 2 atom stereocenters. The first-order valence-electron chi connectivity index (χ1n) is 8.03. The van der Waals surface area contributed by atoms with Crippen LogP contribution >= 0.6 is 11.8 Å². The Bertz CT molecular complexity index is 454. The lowest BCUT2D eigenvalue weighted by Gasteiger charge is -2.28. The minimum atomic E-state index is 0.326. The van der Waals surface area contributed by atoms with Crippen LogP contribution in [0.4, 0.5) is 0 Å². The van der Waals surface area contributed by atoms with Gasteiger partial charge in [0.05, 0.1) is 7.11 Å². The van der Waals surface area contributed by atoms with E-state index in [-0.39, 0.29) is 0 Å². The number of methoxy groups -OCH3 is 1. The van der Waals surface area contributed by atoms with E-state index in [1.54, 1.807) is 7.11 Å². The number of para-hydroxylation sites is 1. The van der Waals surface area contributed by atoms with Crippen LogP contribution in [0.1, 0.15) is 43.7 Å². The predicted octanol–water partition coefficient (Wildman–Crippen LogP) is 3.78.